The fraction of sp³-hybridized carbons (Fsp3) is 0.667. The van der Waals surface area contributed by atoms with E-state index in [1.54, 1.807) is 7.11 Å². The average molecular weight is 337 g/mol. The number of nitrogens with two attached hydrogens (primary N) is 1. The summed E-state index contributed by atoms with van der Waals surface area (Å²) in [7, 11) is 1.72. The van der Waals surface area contributed by atoms with Gasteiger partial charge in [-0.3, -0.25) is 0 Å². The molecule has 0 aromatic heterocycles. The van der Waals surface area contributed by atoms with Crippen LogP contribution in [-0.4, -0.2) is 57.7 Å². The van der Waals surface area contributed by atoms with Crippen LogP contribution in [0.5, 0.6) is 5.75 Å². The minimum atomic E-state index is 0.0686. The maximum Gasteiger partial charge on any atom is 0.142 e. The third-order valence-corrected chi connectivity index (χ3v) is 4.33. The van der Waals surface area contributed by atoms with Gasteiger partial charge >= 0.3 is 0 Å². The Labute approximate surface area is 144 Å². The first-order chi connectivity index (χ1) is 11.7. The molecule has 4 N–H and O–H groups in total. The van der Waals surface area contributed by atoms with Crippen LogP contribution in [0.1, 0.15) is 24.8 Å². The van der Waals surface area contributed by atoms with Crippen LogP contribution in [0, 0.1) is 0 Å². The molecule has 1 fully saturated rings. The zero-order valence-corrected chi connectivity index (χ0v) is 14.7. The molecule has 0 atom stereocenters. The van der Waals surface area contributed by atoms with E-state index in [2.05, 4.69) is 10.2 Å². The molecule has 0 radical (unpaired) electrons. The fourth-order valence-electron chi connectivity index (χ4n) is 2.89. The second-order valence-electron chi connectivity index (χ2n) is 6.23. The Balaban J connectivity index is 0.000000249. The van der Waals surface area contributed by atoms with Crippen LogP contribution in [0.15, 0.2) is 18.2 Å². The number of nitrogens with one attached hydrogen (secondary N) is 1. The molecule has 0 aliphatic carbocycles. The van der Waals surface area contributed by atoms with Gasteiger partial charge in [0.15, 0.2) is 0 Å². The highest BCUT2D eigenvalue weighted by atomic mass is 16.5. The summed E-state index contributed by atoms with van der Waals surface area (Å²) in [5.41, 5.74) is 7.60. The Bertz CT molecular complexity index is 479. The van der Waals surface area contributed by atoms with Crippen molar-refractivity contribution in [3.63, 3.8) is 0 Å². The zero-order chi connectivity index (χ0) is 17.2. The van der Waals surface area contributed by atoms with Crippen molar-refractivity contribution in [2.75, 3.05) is 51.4 Å². The second kappa shape index (κ2) is 10.5. The highest BCUT2D eigenvalue weighted by molar-refractivity contribution is 5.61. The number of ether oxygens (including phenoxy) is 2. The number of fused-ring (bicyclic) bond motifs is 1. The highest BCUT2D eigenvalue weighted by Gasteiger charge is 2.17. The molecule has 2 heterocycles. The summed E-state index contributed by atoms with van der Waals surface area (Å²) >= 11 is 0. The number of aliphatic hydroxyl groups is 1. The third kappa shape index (κ3) is 5.94. The molecule has 136 valence electrons. The van der Waals surface area contributed by atoms with Gasteiger partial charge in [-0.2, -0.15) is 0 Å². The van der Waals surface area contributed by atoms with Crippen molar-refractivity contribution in [3.8, 4) is 5.75 Å². The maximum absolute atomic E-state index is 9.16. The van der Waals surface area contributed by atoms with Crippen molar-refractivity contribution in [1.29, 1.82) is 0 Å². The normalized spacial score (nSPS) is 17.5. The Morgan fingerprint density at radius 3 is 2.79 bits per heavy atom. The number of hydrogen-bond acceptors (Lipinski definition) is 6. The number of nitrogens with zero attached hydrogens (tertiary/aromatic N) is 1. The van der Waals surface area contributed by atoms with Crippen LogP contribution in [0.3, 0.4) is 0 Å². The van der Waals surface area contributed by atoms with Gasteiger partial charge < -0.3 is 30.5 Å². The fourth-order valence-corrected chi connectivity index (χ4v) is 2.89. The lowest BCUT2D eigenvalue weighted by Gasteiger charge is -2.31. The van der Waals surface area contributed by atoms with E-state index in [1.165, 1.54) is 0 Å². The first-order valence-electron chi connectivity index (χ1n) is 8.81. The third-order valence-electron chi connectivity index (χ3n) is 4.33. The topological polar surface area (TPSA) is 80.0 Å². The van der Waals surface area contributed by atoms with Crippen molar-refractivity contribution >= 4 is 5.69 Å². The van der Waals surface area contributed by atoms with E-state index in [1.807, 2.05) is 18.2 Å². The first kappa shape index (κ1) is 19.0. The van der Waals surface area contributed by atoms with Crippen LogP contribution in [-0.2, 0) is 11.3 Å². The first-order valence-corrected chi connectivity index (χ1v) is 8.81. The van der Waals surface area contributed by atoms with Crippen molar-refractivity contribution in [2.45, 2.75) is 31.9 Å². The molecule has 0 unspecified atom stereocenters. The summed E-state index contributed by atoms with van der Waals surface area (Å²) in [5.74, 6) is 0.908. The van der Waals surface area contributed by atoms with Gasteiger partial charge in [-0.1, -0.05) is 6.07 Å². The maximum atomic E-state index is 9.16. The van der Waals surface area contributed by atoms with Crippen LogP contribution in [0.25, 0.3) is 0 Å². The molecule has 1 saturated heterocycles. The van der Waals surface area contributed by atoms with E-state index >= 15 is 0 Å². The highest BCUT2D eigenvalue weighted by Crippen LogP contribution is 2.32. The van der Waals surface area contributed by atoms with Crippen molar-refractivity contribution in [1.82, 2.24) is 5.32 Å². The number of rotatable bonds is 5. The Morgan fingerprint density at radius 2 is 2.17 bits per heavy atom. The quantitative estimate of drug-likeness (QED) is 0.699. The van der Waals surface area contributed by atoms with Crippen LogP contribution >= 0.6 is 0 Å². The molecule has 6 nitrogen and oxygen atoms in total. The number of aliphatic hydroxyl groups excluding tert-OH is 1. The molecule has 0 bridgehead atoms. The SMILES string of the molecule is COCCCN1CCOc2ccc(CO)cc21.NC1CCNCC1. The Kier molecular flexibility index (Phi) is 8.32. The van der Waals surface area contributed by atoms with Gasteiger partial charge in [0.2, 0.25) is 0 Å². The van der Waals surface area contributed by atoms with Crippen LogP contribution in [0.2, 0.25) is 0 Å². The van der Waals surface area contributed by atoms with E-state index in [-0.39, 0.29) is 6.61 Å². The molecule has 3 rings (SSSR count). The largest absolute Gasteiger partial charge is 0.490 e. The van der Waals surface area contributed by atoms with Gasteiger partial charge in [0.1, 0.15) is 12.4 Å². The summed E-state index contributed by atoms with van der Waals surface area (Å²) < 4.78 is 10.7. The van der Waals surface area contributed by atoms with Gasteiger partial charge in [-0.15, -0.1) is 0 Å². The molecule has 1 aromatic carbocycles. The molecule has 0 saturated carbocycles. The van der Waals surface area contributed by atoms with E-state index in [4.69, 9.17) is 20.3 Å². The minimum absolute atomic E-state index is 0.0686. The molecule has 0 spiro atoms. The molecule has 24 heavy (non-hydrogen) atoms. The molecule has 0 amide bonds. The van der Waals surface area contributed by atoms with Crippen molar-refractivity contribution in [2.24, 2.45) is 5.73 Å². The average Bonchev–Trinajstić information content (AvgIpc) is 2.63. The number of methoxy groups -OCH3 is 1. The lowest BCUT2D eigenvalue weighted by molar-refractivity contribution is 0.195. The summed E-state index contributed by atoms with van der Waals surface area (Å²) in [6.07, 6.45) is 3.30. The number of anilines is 1. The lowest BCUT2D eigenvalue weighted by atomic mass is 10.1. The van der Waals surface area contributed by atoms with E-state index < -0.39 is 0 Å². The predicted octanol–water partition coefficient (Wildman–Crippen LogP) is 1.11. The lowest BCUT2D eigenvalue weighted by Crippen LogP contribution is -2.35. The molecular formula is C18H31N3O3. The second-order valence-corrected chi connectivity index (χ2v) is 6.23. The van der Waals surface area contributed by atoms with Crippen LogP contribution < -0.4 is 20.7 Å². The monoisotopic (exact) mass is 337 g/mol. The van der Waals surface area contributed by atoms with Gasteiger partial charge in [0.05, 0.1) is 18.8 Å². The number of hydrogen-bond donors (Lipinski definition) is 3. The minimum Gasteiger partial charge on any atom is -0.490 e. The van der Waals surface area contributed by atoms with Gasteiger partial charge in [-0.25, -0.2) is 0 Å². The zero-order valence-electron chi connectivity index (χ0n) is 14.7. The van der Waals surface area contributed by atoms with E-state index in [0.717, 1.165) is 75.7 Å². The van der Waals surface area contributed by atoms with Gasteiger partial charge in [0.25, 0.3) is 0 Å². The molecule has 2 aliphatic heterocycles. The summed E-state index contributed by atoms with van der Waals surface area (Å²) in [5, 5.41) is 12.4. The van der Waals surface area contributed by atoms with Gasteiger partial charge in [0, 0.05) is 26.3 Å². The Hall–Kier alpha value is -1.34. The standard InChI is InChI=1S/C13H19NO3.C5H12N2/c1-16-7-2-5-14-6-8-17-13-4-3-11(10-15)9-12(13)14;6-5-1-3-7-4-2-5/h3-4,9,15H,2,5-8,10H2,1H3;5,7H,1-4,6H2. The molecule has 1 aromatic rings. The summed E-state index contributed by atoms with van der Waals surface area (Å²) in [6.45, 7) is 5.64. The number of benzene rings is 1. The number of piperidine rings is 1. The molecule has 2 aliphatic rings. The Morgan fingerprint density at radius 1 is 1.38 bits per heavy atom. The van der Waals surface area contributed by atoms with Crippen molar-refractivity contribution in [3.05, 3.63) is 23.8 Å². The van der Waals surface area contributed by atoms with E-state index in [9.17, 15) is 0 Å². The van der Waals surface area contributed by atoms with Crippen molar-refractivity contribution < 1.29 is 14.6 Å². The van der Waals surface area contributed by atoms with E-state index in [0.29, 0.717) is 6.04 Å². The summed E-state index contributed by atoms with van der Waals surface area (Å²) in [6, 6.07) is 6.31. The smallest absolute Gasteiger partial charge is 0.142 e. The van der Waals surface area contributed by atoms with Crippen LogP contribution in [0.4, 0.5) is 5.69 Å². The predicted molar refractivity (Wildman–Crippen MR) is 96.6 cm³/mol. The summed E-state index contributed by atoms with van der Waals surface area (Å²) in [4.78, 5) is 2.29. The molecule has 6 heteroatoms. The molecular weight excluding hydrogens is 306 g/mol. The van der Waals surface area contributed by atoms with Gasteiger partial charge in [-0.05, 0) is 50.0 Å².